The molecule has 8 bridgehead atoms. The predicted molar refractivity (Wildman–Crippen MR) is 154 cm³/mol. The lowest BCUT2D eigenvalue weighted by Gasteiger charge is -1.96. The van der Waals surface area contributed by atoms with Crippen LogP contribution in [0.15, 0.2) is 91.3 Å². The smallest absolute Gasteiger partial charge is 0.164 e. The topological polar surface area (TPSA) is 122 Å². The molecule has 0 saturated carbocycles. The van der Waals surface area contributed by atoms with Crippen molar-refractivity contribution in [1.29, 1.82) is 0 Å². The zero-order chi connectivity index (χ0) is 26.2. The number of H-pyrrole nitrogens is 2. The van der Waals surface area contributed by atoms with Crippen molar-refractivity contribution in [2.45, 2.75) is 0 Å². The molecule has 0 aliphatic carbocycles. The van der Waals surface area contributed by atoms with Gasteiger partial charge >= 0.3 is 0 Å². The summed E-state index contributed by atoms with van der Waals surface area (Å²) in [5.74, 6) is 2.31. The normalized spacial score (nSPS) is 12.0. The van der Waals surface area contributed by atoms with Gasteiger partial charge in [0.2, 0.25) is 0 Å². The maximum Gasteiger partial charge on any atom is 0.164 e. The summed E-state index contributed by atoms with van der Waals surface area (Å²) in [4.78, 5) is 40.9. The molecule has 0 fully saturated rings. The van der Waals surface area contributed by atoms with E-state index >= 15 is 0 Å². The lowest BCUT2D eigenvalue weighted by Crippen LogP contribution is -1.82. The van der Waals surface area contributed by atoms with Crippen LogP contribution in [0.1, 0.15) is 0 Å². The van der Waals surface area contributed by atoms with Gasteiger partial charge in [0.1, 0.15) is 22.6 Å². The second-order valence-electron chi connectivity index (χ2n) is 9.67. The minimum absolute atomic E-state index is 0.569. The summed E-state index contributed by atoms with van der Waals surface area (Å²) in [6, 6.07) is 26.0. The Labute approximate surface area is 225 Å². The van der Waals surface area contributed by atoms with E-state index in [0.29, 0.717) is 45.9 Å². The molecule has 2 N–H and O–H groups in total. The zero-order valence-corrected chi connectivity index (χ0v) is 20.8. The van der Waals surface area contributed by atoms with Gasteiger partial charge in [-0.2, -0.15) is 0 Å². The number of rotatable bonds is 0. The van der Waals surface area contributed by atoms with Crippen LogP contribution in [0.5, 0.6) is 0 Å². The molecule has 4 aromatic heterocycles. The fourth-order valence-corrected chi connectivity index (χ4v) is 5.48. The average molecular weight is 516 g/mol. The van der Waals surface area contributed by atoms with E-state index in [1.54, 1.807) is 12.4 Å². The van der Waals surface area contributed by atoms with Crippen LogP contribution in [-0.2, 0) is 0 Å². The summed E-state index contributed by atoms with van der Waals surface area (Å²) in [6.07, 6.45) is 3.54. The van der Waals surface area contributed by atoms with Gasteiger partial charge in [0.25, 0.3) is 0 Å². The lowest BCUT2D eigenvalue weighted by atomic mass is 10.1. The highest BCUT2D eigenvalue weighted by atomic mass is 15.1. The fourth-order valence-electron chi connectivity index (χ4n) is 5.48. The van der Waals surface area contributed by atoms with E-state index in [0.717, 1.165) is 43.8 Å². The first-order valence-corrected chi connectivity index (χ1v) is 12.8. The highest BCUT2D eigenvalue weighted by molar-refractivity contribution is 6.06. The standard InChI is InChI=1S/C31H17N9/c1-2-8-17-16(7-1)24-33-25(17)35-27-20-11-5-6-12-21(20)29(37-27)39-31-23-15-32-14-13-22(23)30(40-31)38-28-19-10-4-3-9-18(19)26(34-24)36-28/h1-15H,(H2,33,34,35,36,37,38,39,40). The van der Waals surface area contributed by atoms with Gasteiger partial charge in [-0.3, -0.25) is 4.98 Å². The van der Waals surface area contributed by atoms with E-state index in [4.69, 9.17) is 29.9 Å². The van der Waals surface area contributed by atoms with Gasteiger partial charge in [0.15, 0.2) is 23.3 Å². The molecule has 7 aromatic rings. The molecule has 0 saturated heterocycles. The number of aromatic amines is 2. The molecule has 9 heteroatoms. The maximum atomic E-state index is 5.01. The molecular weight excluding hydrogens is 498 g/mol. The van der Waals surface area contributed by atoms with Crippen LogP contribution in [0.3, 0.4) is 0 Å². The summed E-state index contributed by atoms with van der Waals surface area (Å²) in [6.45, 7) is 0. The highest BCUT2D eigenvalue weighted by Crippen LogP contribution is 2.36. The number of nitrogens with one attached hydrogen (secondary N) is 2. The van der Waals surface area contributed by atoms with Crippen molar-refractivity contribution >= 4 is 44.1 Å². The predicted octanol–water partition coefficient (Wildman–Crippen LogP) is 6.26. The summed E-state index contributed by atoms with van der Waals surface area (Å²) in [5, 5.41) is 3.63. The molecule has 9 nitrogen and oxygen atoms in total. The van der Waals surface area contributed by atoms with Crippen molar-refractivity contribution in [1.82, 2.24) is 44.9 Å². The summed E-state index contributed by atoms with van der Waals surface area (Å²) >= 11 is 0. The van der Waals surface area contributed by atoms with Gasteiger partial charge in [0, 0.05) is 56.2 Å². The largest absolute Gasteiger partial charge is 0.324 e. The Morgan fingerprint density at radius 1 is 0.375 bits per heavy atom. The van der Waals surface area contributed by atoms with Crippen LogP contribution in [0.25, 0.3) is 89.7 Å². The number of nitrogens with zero attached hydrogens (tertiary/aromatic N) is 7. The number of aromatic nitrogens is 9. The minimum atomic E-state index is 0.569. The molecule has 186 valence electrons. The monoisotopic (exact) mass is 515 g/mol. The second-order valence-corrected chi connectivity index (χ2v) is 9.67. The molecule has 0 radical (unpaired) electrons. The van der Waals surface area contributed by atoms with Gasteiger partial charge in [-0.25, -0.2) is 29.9 Å². The van der Waals surface area contributed by atoms with Crippen LogP contribution in [0.4, 0.5) is 0 Å². The average Bonchev–Trinajstić information content (AvgIpc) is 3.73. The molecule has 2 aliphatic heterocycles. The molecule has 0 atom stereocenters. The quantitative estimate of drug-likeness (QED) is 0.244. The van der Waals surface area contributed by atoms with Gasteiger partial charge in [-0.05, 0) is 6.07 Å². The third-order valence-corrected chi connectivity index (χ3v) is 7.35. The van der Waals surface area contributed by atoms with Crippen LogP contribution >= 0.6 is 0 Å². The number of pyridine rings is 1. The van der Waals surface area contributed by atoms with E-state index in [2.05, 4.69) is 15.0 Å². The number of fused-ring (bicyclic) bond motifs is 20. The minimum Gasteiger partial charge on any atom is -0.324 e. The van der Waals surface area contributed by atoms with Gasteiger partial charge < -0.3 is 9.97 Å². The molecule has 3 aromatic carbocycles. The molecule has 9 rings (SSSR count). The van der Waals surface area contributed by atoms with Crippen LogP contribution in [-0.4, -0.2) is 44.9 Å². The second kappa shape index (κ2) is 7.84. The first kappa shape index (κ1) is 21.1. The highest BCUT2D eigenvalue weighted by Gasteiger charge is 2.21. The fraction of sp³-hybridized carbons (Fsp3) is 0. The van der Waals surface area contributed by atoms with E-state index in [1.807, 2.05) is 78.9 Å². The Kier molecular flexibility index (Phi) is 4.14. The van der Waals surface area contributed by atoms with Crippen molar-refractivity contribution in [2.24, 2.45) is 0 Å². The Morgan fingerprint density at radius 2 is 0.750 bits per heavy atom. The van der Waals surface area contributed by atoms with E-state index in [1.165, 1.54) is 0 Å². The molecule has 0 unspecified atom stereocenters. The maximum absolute atomic E-state index is 5.01. The Morgan fingerprint density at radius 3 is 1.20 bits per heavy atom. The van der Waals surface area contributed by atoms with Crippen LogP contribution < -0.4 is 0 Å². The molecule has 0 amide bonds. The molecule has 2 aliphatic rings. The molecule has 6 heterocycles. The van der Waals surface area contributed by atoms with Crippen molar-refractivity contribution in [3.8, 4) is 45.6 Å². The van der Waals surface area contributed by atoms with E-state index in [-0.39, 0.29) is 0 Å². The lowest BCUT2D eigenvalue weighted by molar-refractivity contribution is 1.19. The zero-order valence-electron chi connectivity index (χ0n) is 20.8. The molecule has 0 spiro atoms. The SMILES string of the molecule is c1ccc2c(c1)-c1nc-2nc2[nH]c(nc3nc(nc4[nH]c(n1)c1ccccc41)-c1ccccc1-3)c1cnccc21. The van der Waals surface area contributed by atoms with Gasteiger partial charge in [0.05, 0.1) is 0 Å². The van der Waals surface area contributed by atoms with E-state index < -0.39 is 0 Å². The number of hydrogen-bond donors (Lipinski definition) is 2. The summed E-state index contributed by atoms with van der Waals surface area (Å²) in [5.41, 5.74) is 6.26. The van der Waals surface area contributed by atoms with Crippen LogP contribution in [0, 0.1) is 0 Å². The number of hydrogen-bond acceptors (Lipinski definition) is 7. The number of benzene rings is 3. The third kappa shape index (κ3) is 2.99. The van der Waals surface area contributed by atoms with Crippen molar-refractivity contribution in [2.75, 3.05) is 0 Å². The van der Waals surface area contributed by atoms with Crippen LogP contribution in [0.2, 0.25) is 0 Å². The first-order chi connectivity index (χ1) is 19.8. The third-order valence-electron chi connectivity index (χ3n) is 7.35. The molecule has 40 heavy (non-hydrogen) atoms. The van der Waals surface area contributed by atoms with Gasteiger partial charge in [-0.15, -0.1) is 0 Å². The van der Waals surface area contributed by atoms with E-state index in [9.17, 15) is 0 Å². The summed E-state index contributed by atoms with van der Waals surface area (Å²) in [7, 11) is 0. The van der Waals surface area contributed by atoms with Gasteiger partial charge in [-0.1, -0.05) is 72.8 Å². The Hall–Kier alpha value is -5.83. The van der Waals surface area contributed by atoms with Crippen molar-refractivity contribution in [3.05, 3.63) is 91.3 Å². The first-order valence-electron chi connectivity index (χ1n) is 12.8. The van der Waals surface area contributed by atoms with Crippen molar-refractivity contribution < 1.29 is 0 Å². The Balaban J connectivity index is 1.51. The van der Waals surface area contributed by atoms with Crippen molar-refractivity contribution in [3.63, 3.8) is 0 Å². The Bertz CT molecular complexity index is 2030. The summed E-state index contributed by atoms with van der Waals surface area (Å²) < 4.78 is 0. The molecular formula is C31H17N9.